The van der Waals surface area contributed by atoms with E-state index in [0.717, 1.165) is 12.1 Å². The minimum atomic E-state index is -4.54. The van der Waals surface area contributed by atoms with Crippen molar-refractivity contribution in [2.24, 2.45) is 0 Å². The number of anilines is 3. The van der Waals surface area contributed by atoms with Gasteiger partial charge in [0.05, 0.1) is 15.8 Å². The van der Waals surface area contributed by atoms with Crippen molar-refractivity contribution in [3.63, 3.8) is 0 Å². The minimum absolute atomic E-state index is 0.00593. The number of nitrogens with zero attached hydrogens (tertiary/aromatic N) is 1. The number of amides is 4. The highest BCUT2D eigenvalue weighted by molar-refractivity contribution is 7.22. The molecule has 0 bridgehead atoms. The first kappa shape index (κ1) is 28.6. The number of rotatable bonds is 5. The van der Waals surface area contributed by atoms with Gasteiger partial charge in [0.15, 0.2) is 5.13 Å². The molecule has 4 aromatic rings. The Morgan fingerprint density at radius 3 is 2.20 bits per heavy atom. The van der Waals surface area contributed by atoms with E-state index in [0.29, 0.717) is 32.2 Å². The fraction of sp³-hybridized carbons (Fsp3) is 0.214. The molecule has 0 aliphatic carbocycles. The van der Waals surface area contributed by atoms with Crippen molar-refractivity contribution in [1.82, 2.24) is 10.3 Å². The summed E-state index contributed by atoms with van der Waals surface area (Å²) in [5.74, 6) is -1.06. The second-order valence-electron chi connectivity index (χ2n) is 10.0. The van der Waals surface area contributed by atoms with Crippen molar-refractivity contribution in [2.75, 3.05) is 16.0 Å². The van der Waals surface area contributed by atoms with Gasteiger partial charge in [-0.1, -0.05) is 23.5 Å². The van der Waals surface area contributed by atoms with Crippen LogP contribution in [0.25, 0.3) is 10.2 Å². The molecule has 0 fully saturated rings. The molecule has 1 heterocycles. The average Bonchev–Trinajstić information content (AvgIpc) is 3.25. The summed E-state index contributed by atoms with van der Waals surface area (Å²) in [6.45, 7) is 7.32. The van der Waals surface area contributed by atoms with Gasteiger partial charge in [0, 0.05) is 28.0 Å². The van der Waals surface area contributed by atoms with E-state index >= 15 is 0 Å². The average molecular weight is 570 g/mol. The number of hydrogen-bond acceptors (Lipinski definition) is 5. The summed E-state index contributed by atoms with van der Waals surface area (Å²) in [6.07, 6.45) is -4.54. The van der Waals surface area contributed by atoms with Crippen LogP contribution in [-0.4, -0.2) is 28.4 Å². The zero-order valence-electron chi connectivity index (χ0n) is 22.0. The van der Waals surface area contributed by atoms with Crippen molar-refractivity contribution in [3.05, 3.63) is 82.9 Å². The van der Waals surface area contributed by atoms with Crippen LogP contribution in [0.4, 0.5) is 34.5 Å². The lowest BCUT2D eigenvalue weighted by Gasteiger charge is -2.19. The highest BCUT2D eigenvalue weighted by Crippen LogP contribution is 2.31. The third-order valence-electron chi connectivity index (χ3n) is 5.56. The van der Waals surface area contributed by atoms with Gasteiger partial charge in [-0.2, -0.15) is 13.2 Å². The largest absolute Gasteiger partial charge is 0.416 e. The van der Waals surface area contributed by atoms with Crippen molar-refractivity contribution in [2.45, 2.75) is 39.4 Å². The number of alkyl halides is 3. The van der Waals surface area contributed by atoms with E-state index in [2.05, 4.69) is 26.3 Å². The van der Waals surface area contributed by atoms with Crippen LogP contribution in [0.15, 0.2) is 60.7 Å². The lowest BCUT2D eigenvalue weighted by Crippen LogP contribution is -2.43. The maximum absolute atomic E-state index is 13.0. The van der Waals surface area contributed by atoms with Crippen LogP contribution in [0.1, 0.15) is 52.6 Å². The highest BCUT2D eigenvalue weighted by Gasteiger charge is 2.30. The summed E-state index contributed by atoms with van der Waals surface area (Å²) in [6, 6.07) is 13.4. The molecule has 0 saturated heterocycles. The van der Waals surface area contributed by atoms with Crippen molar-refractivity contribution < 1.29 is 27.6 Å². The first-order chi connectivity index (χ1) is 18.7. The number of fused-ring (bicyclic) bond motifs is 1. The summed E-state index contributed by atoms with van der Waals surface area (Å²) >= 11 is 1.22. The van der Waals surface area contributed by atoms with Crippen LogP contribution in [0.3, 0.4) is 0 Å². The van der Waals surface area contributed by atoms with Gasteiger partial charge in [-0.25, -0.2) is 9.78 Å². The molecule has 8 nitrogen and oxygen atoms in total. The first-order valence-corrected chi connectivity index (χ1v) is 12.9. The second kappa shape index (κ2) is 11.0. The Labute approximate surface area is 232 Å². The summed E-state index contributed by atoms with van der Waals surface area (Å²) in [5, 5.41) is 11.1. The zero-order chi connectivity index (χ0) is 29.2. The van der Waals surface area contributed by atoms with Crippen LogP contribution in [0, 0.1) is 6.92 Å². The van der Waals surface area contributed by atoms with Gasteiger partial charge in [-0.15, -0.1) is 0 Å². The fourth-order valence-corrected chi connectivity index (χ4v) is 4.56. The number of nitrogens with one attached hydrogen (secondary N) is 4. The van der Waals surface area contributed by atoms with Gasteiger partial charge in [-0.3, -0.25) is 14.9 Å². The Balaban J connectivity index is 1.48. The van der Waals surface area contributed by atoms with Crippen LogP contribution in [0.2, 0.25) is 0 Å². The normalized spacial score (nSPS) is 11.7. The molecule has 0 spiro atoms. The lowest BCUT2D eigenvalue weighted by atomic mass is 10.1. The predicted molar refractivity (Wildman–Crippen MR) is 150 cm³/mol. The van der Waals surface area contributed by atoms with Gasteiger partial charge in [0.1, 0.15) is 0 Å². The molecule has 0 radical (unpaired) electrons. The van der Waals surface area contributed by atoms with Crippen LogP contribution in [-0.2, 0) is 6.18 Å². The Hall–Kier alpha value is -4.45. The molecule has 4 amide bonds. The number of halogens is 3. The van der Waals surface area contributed by atoms with Gasteiger partial charge in [0.25, 0.3) is 11.8 Å². The fourth-order valence-electron chi connectivity index (χ4n) is 3.66. The van der Waals surface area contributed by atoms with E-state index in [1.54, 1.807) is 31.2 Å². The Bertz CT molecular complexity index is 1610. The molecule has 0 aliphatic heterocycles. The molecular weight excluding hydrogens is 543 g/mol. The summed E-state index contributed by atoms with van der Waals surface area (Å²) in [4.78, 5) is 42.3. The lowest BCUT2D eigenvalue weighted by molar-refractivity contribution is -0.137. The number of aromatic nitrogens is 1. The molecule has 0 atom stereocenters. The summed E-state index contributed by atoms with van der Waals surface area (Å²) < 4.78 is 39.7. The Kier molecular flexibility index (Phi) is 7.83. The number of benzene rings is 3. The quantitative estimate of drug-likeness (QED) is 0.206. The zero-order valence-corrected chi connectivity index (χ0v) is 22.8. The number of thiazole rings is 1. The molecule has 0 saturated carbocycles. The third kappa shape index (κ3) is 7.14. The summed E-state index contributed by atoms with van der Waals surface area (Å²) in [7, 11) is 0. The molecule has 40 heavy (non-hydrogen) atoms. The van der Waals surface area contributed by atoms with E-state index < -0.39 is 35.1 Å². The van der Waals surface area contributed by atoms with Crippen LogP contribution in [0.5, 0.6) is 0 Å². The Morgan fingerprint density at radius 2 is 1.50 bits per heavy atom. The second-order valence-corrected chi connectivity index (χ2v) is 11.1. The number of hydrogen-bond donors (Lipinski definition) is 4. The Morgan fingerprint density at radius 1 is 0.825 bits per heavy atom. The number of urea groups is 1. The number of carbonyl (C=O) groups excluding carboxylic acids is 3. The van der Waals surface area contributed by atoms with E-state index in [1.165, 1.54) is 35.6 Å². The smallest absolute Gasteiger partial charge is 0.333 e. The topological polar surface area (TPSA) is 112 Å². The molecule has 1 aromatic heterocycles. The molecule has 0 aliphatic rings. The maximum Gasteiger partial charge on any atom is 0.416 e. The number of carbonyl (C=O) groups is 3. The van der Waals surface area contributed by atoms with E-state index in [4.69, 9.17) is 0 Å². The minimum Gasteiger partial charge on any atom is -0.333 e. The van der Waals surface area contributed by atoms with E-state index in [9.17, 15) is 27.6 Å². The van der Waals surface area contributed by atoms with Crippen LogP contribution >= 0.6 is 11.3 Å². The molecule has 0 unspecified atom stereocenters. The van der Waals surface area contributed by atoms with E-state index in [1.807, 2.05) is 20.8 Å². The van der Waals surface area contributed by atoms with Gasteiger partial charge in [-0.05, 0) is 81.8 Å². The standard InChI is InChI=1S/C28H26F3N5O3S/c1-15-8-9-16(23(37)32-19-7-5-6-18(14-19)28(29,30)31)12-21(15)33-24(38)17-10-11-20-22(13-17)40-26(34-20)35-25(39)36-27(2,3)4/h5-14H,1-4H3,(H,32,37)(H,33,38)(H2,34,35,36,39). The van der Waals surface area contributed by atoms with Gasteiger partial charge >= 0.3 is 12.2 Å². The molecule has 12 heteroatoms. The van der Waals surface area contributed by atoms with E-state index in [-0.39, 0.29) is 11.3 Å². The summed E-state index contributed by atoms with van der Waals surface area (Å²) in [5.41, 5.74) is 0.842. The SMILES string of the molecule is Cc1ccc(C(=O)Nc2cccc(C(F)(F)F)c2)cc1NC(=O)c1ccc2nc(NC(=O)NC(C)(C)C)sc2c1. The monoisotopic (exact) mass is 569 g/mol. The predicted octanol–water partition coefficient (Wildman–Crippen LogP) is 7.05. The van der Waals surface area contributed by atoms with Crippen molar-refractivity contribution in [1.29, 1.82) is 0 Å². The molecule has 4 rings (SSSR count). The first-order valence-electron chi connectivity index (χ1n) is 12.1. The van der Waals surface area contributed by atoms with Gasteiger partial charge in [0.2, 0.25) is 0 Å². The van der Waals surface area contributed by atoms with Crippen LogP contribution < -0.4 is 21.3 Å². The van der Waals surface area contributed by atoms with Crippen molar-refractivity contribution >= 4 is 55.9 Å². The molecule has 208 valence electrons. The molecule has 3 aromatic carbocycles. The van der Waals surface area contributed by atoms with Gasteiger partial charge < -0.3 is 16.0 Å². The third-order valence-corrected chi connectivity index (χ3v) is 6.49. The molecule has 4 N–H and O–H groups in total. The highest BCUT2D eigenvalue weighted by atomic mass is 32.1. The maximum atomic E-state index is 13.0. The molecular formula is C28H26F3N5O3S. The van der Waals surface area contributed by atoms with Crippen molar-refractivity contribution in [3.8, 4) is 0 Å². The number of aryl methyl sites for hydroxylation is 1.